The smallest absolute Gasteiger partial charge is 0.120 e. The summed E-state index contributed by atoms with van der Waals surface area (Å²) in [5, 5.41) is 3.53. The fraction of sp³-hybridized carbons (Fsp3) is 0.692. The molecule has 0 fully saturated rings. The van der Waals surface area contributed by atoms with Crippen LogP contribution in [-0.2, 0) is 0 Å². The van der Waals surface area contributed by atoms with Crippen LogP contribution in [0.2, 0.25) is 0 Å². The monoisotopic (exact) mass is 209 g/mol. The molecule has 1 atom stereocenters. The first kappa shape index (κ1) is 12.3. The van der Waals surface area contributed by atoms with Crippen molar-refractivity contribution in [2.24, 2.45) is 5.41 Å². The molecule has 2 heteroatoms. The van der Waals surface area contributed by atoms with E-state index in [1.54, 1.807) is 6.26 Å². The van der Waals surface area contributed by atoms with Crippen molar-refractivity contribution in [2.45, 2.75) is 46.6 Å². The summed E-state index contributed by atoms with van der Waals surface area (Å²) >= 11 is 0. The van der Waals surface area contributed by atoms with Crippen LogP contribution in [0.15, 0.2) is 22.8 Å². The minimum absolute atomic E-state index is 0.318. The fourth-order valence-electron chi connectivity index (χ4n) is 1.69. The van der Waals surface area contributed by atoms with E-state index < -0.39 is 0 Å². The van der Waals surface area contributed by atoms with Gasteiger partial charge in [-0.15, -0.1) is 0 Å². The Morgan fingerprint density at radius 3 is 2.60 bits per heavy atom. The van der Waals surface area contributed by atoms with Gasteiger partial charge in [0, 0.05) is 0 Å². The van der Waals surface area contributed by atoms with Gasteiger partial charge in [0.2, 0.25) is 0 Å². The summed E-state index contributed by atoms with van der Waals surface area (Å²) in [7, 11) is 0. The zero-order valence-electron chi connectivity index (χ0n) is 10.3. The third-order valence-corrected chi connectivity index (χ3v) is 2.34. The third-order valence-electron chi connectivity index (χ3n) is 2.34. The second kappa shape index (κ2) is 5.36. The Balaban J connectivity index is 2.62. The molecule has 86 valence electrons. The molecule has 0 aliphatic rings. The molecule has 0 aromatic carbocycles. The number of hydrogen-bond donors (Lipinski definition) is 1. The van der Waals surface area contributed by atoms with Crippen molar-refractivity contribution in [3.05, 3.63) is 24.2 Å². The SMILES string of the molecule is CCCNC(CC(C)(C)C)c1ccco1. The van der Waals surface area contributed by atoms with Crippen molar-refractivity contribution in [1.29, 1.82) is 0 Å². The Labute approximate surface area is 93.1 Å². The van der Waals surface area contributed by atoms with Gasteiger partial charge in [0.15, 0.2) is 0 Å². The Bertz CT molecular complexity index is 259. The molecule has 0 saturated carbocycles. The minimum atomic E-state index is 0.318. The highest BCUT2D eigenvalue weighted by atomic mass is 16.3. The molecule has 1 heterocycles. The van der Waals surface area contributed by atoms with Gasteiger partial charge in [-0.25, -0.2) is 0 Å². The second-order valence-corrected chi connectivity index (χ2v) is 5.29. The van der Waals surface area contributed by atoms with Crippen molar-refractivity contribution >= 4 is 0 Å². The highest BCUT2D eigenvalue weighted by Gasteiger charge is 2.21. The molecule has 1 aromatic heterocycles. The van der Waals surface area contributed by atoms with Crippen molar-refractivity contribution < 1.29 is 4.42 Å². The molecule has 0 spiro atoms. The third kappa shape index (κ3) is 4.52. The van der Waals surface area contributed by atoms with Gasteiger partial charge in [0.1, 0.15) is 5.76 Å². The number of nitrogens with one attached hydrogen (secondary N) is 1. The van der Waals surface area contributed by atoms with Crippen molar-refractivity contribution in [1.82, 2.24) is 5.32 Å². The van der Waals surface area contributed by atoms with Crippen molar-refractivity contribution in [3.8, 4) is 0 Å². The van der Waals surface area contributed by atoms with Gasteiger partial charge < -0.3 is 9.73 Å². The maximum Gasteiger partial charge on any atom is 0.120 e. The number of rotatable bonds is 5. The van der Waals surface area contributed by atoms with Gasteiger partial charge in [-0.2, -0.15) is 0 Å². The maximum atomic E-state index is 5.48. The van der Waals surface area contributed by atoms with E-state index in [1.165, 1.54) is 0 Å². The predicted molar refractivity (Wildman–Crippen MR) is 63.8 cm³/mol. The van der Waals surface area contributed by atoms with Gasteiger partial charge >= 0.3 is 0 Å². The first-order chi connectivity index (χ1) is 7.03. The van der Waals surface area contributed by atoms with Crippen LogP contribution in [0.5, 0.6) is 0 Å². The topological polar surface area (TPSA) is 25.2 Å². The zero-order valence-corrected chi connectivity index (χ0v) is 10.3. The molecular formula is C13H23NO. The van der Waals surface area contributed by atoms with Gasteiger partial charge in [-0.3, -0.25) is 0 Å². The summed E-state index contributed by atoms with van der Waals surface area (Å²) in [6.45, 7) is 10.0. The van der Waals surface area contributed by atoms with E-state index in [9.17, 15) is 0 Å². The highest BCUT2D eigenvalue weighted by molar-refractivity contribution is 5.05. The highest BCUT2D eigenvalue weighted by Crippen LogP contribution is 2.29. The minimum Gasteiger partial charge on any atom is -0.468 e. The average Bonchev–Trinajstić information content (AvgIpc) is 2.63. The zero-order chi connectivity index (χ0) is 11.3. The number of furan rings is 1. The van der Waals surface area contributed by atoms with E-state index >= 15 is 0 Å². The molecule has 15 heavy (non-hydrogen) atoms. The van der Waals surface area contributed by atoms with Crippen LogP contribution in [0.4, 0.5) is 0 Å². The van der Waals surface area contributed by atoms with Crippen LogP contribution in [0.1, 0.15) is 52.3 Å². The second-order valence-electron chi connectivity index (χ2n) is 5.29. The molecule has 0 amide bonds. The van der Waals surface area contributed by atoms with Crippen LogP contribution in [0.25, 0.3) is 0 Å². The summed E-state index contributed by atoms with van der Waals surface area (Å²) in [5.74, 6) is 1.05. The summed E-state index contributed by atoms with van der Waals surface area (Å²) in [6, 6.07) is 4.36. The molecule has 2 nitrogen and oxygen atoms in total. The van der Waals surface area contributed by atoms with Gasteiger partial charge in [-0.1, -0.05) is 27.7 Å². The molecule has 0 radical (unpaired) electrons. The Kier molecular flexibility index (Phi) is 4.40. The first-order valence-corrected chi connectivity index (χ1v) is 5.79. The van der Waals surface area contributed by atoms with Crippen molar-refractivity contribution in [2.75, 3.05) is 6.54 Å². The lowest BCUT2D eigenvalue weighted by atomic mass is 9.87. The predicted octanol–water partition coefficient (Wildman–Crippen LogP) is 3.76. The summed E-state index contributed by atoms with van der Waals surface area (Å²) < 4.78 is 5.48. The largest absolute Gasteiger partial charge is 0.468 e. The van der Waals surface area contributed by atoms with Crippen molar-refractivity contribution in [3.63, 3.8) is 0 Å². The maximum absolute atomic E-state index is 5.48. The Hall–Kier alpha value is -0.760. The Morgan fingerprint density at radius 1 is 1.40 bits per heavy atom. The van der Waals surface area contributed by atoms with E-state index in [-0.39, 0.29) is 0 Å². The van der Waals surface area contributed by atoms with E-state index in [2.05, 4.69) is 39.1 Å². The molecule has 1 N–H and O–H groups in total. The van der Waals surface area contributed by atoms with Crippen LogP contribution in [0, 0.1) is 5.41 Å². The van der Waals surface area contributed by atoms with E-state index in [0.717, 1.165) is 25.1 Å². The number of hydrogen-bond acceptors (Lipinski definition) is 2. The molecular weight excluding hydrogens is 186 g/mol. The van der Waals surface area contributed by atoms with Gasteiger partial charge in [0.05, 0.1) is 12.3 Å². The summed E-state index contributed by atoms with van der Waals surface area (Å²) in [4.78, 5) is 0. The quantitative estimate of drug-likeness (QED) is 0.798. The molecule has 0 aliphatic carbocycles. The first-order valence-electron chi connectivity index (χ1n) is 5.79. The molecule has 1 aromatic rings. The van der Waals surface area contributed by atoms with E-state index in [1.807, 2.05) is 6.07 Å². The molecule has 1 rings (SSSR count). The molecule has 0 saturated heterocycles. The molecule has 0 bridgehead atoms. The fourth-order valence-corrected chi connectivity index (χ4v) is 1.69. The molecule has 0 aliphatic heterocycles. The van der Waals surface area contributed by atoms with Gasteiger partial charge in [-0.05, 0) is 36.9 Å². The summed E-state index contributed by atoms with van der Waals surface area (Å²) in [6.07, 6.45) is 4.00. The van der Waals surface area contributed by atoms with Gasteiger partial charge in [0.25, 0.3) is 0 Å². The van der Waals surface area contributed by atoms with Crippen LogP contribution in [0.3, 0.4) is 0 Å². The van der Waals surface area contributed by atoms with Crippen LogP contribution in [-0.4, -0.2) is 6.54 Å². The van der Waals surface area contributed by atoms with Crippen LogP contribution >= 0.6 is 0 Å². The average molecular weight is 209 g/mol. The standard InChI is InChI=1S/C13H23NO/c1-5-8-14-11(10-13(2,3)4)12-7-6-9-15-12/h6-7,9,11,14H,5,8,10H2,1-4H3. The van der Waals surface area contributed by atoms with E-state index in [4.69, 9.17) is 4.42 Å². The lowest BCUT2D eigenvalue weighted by Gasteiger charge is -2.25. The Morgan fingerprint density at radius 2 is 2.13 bits per heavy atom. The van der Waals surface area contributed by atoms with E-state index in [0.29, 0.717) is 11.5 Å². The lowest BCUT2D eigenvalue weighted by Crippen LogP contribution is -2.26. The molecule has 1 unspecified atom stereocenters. The normalized spacial score (nSPS) is 14.1. The summed E-state index contributed by atoms with van der Waals surface area (Å²) in [5.41, 5.74) is 0.318. The lowest BCUT2D eigenvalue weighted by molar-refractivity contribution is 0.283. The van der Waals surface area contributed by atoms with Crippen LogP contribution < -0.4 is 5.32 Å².